The van der Waals surface area contributed by atoms with E-state index in [4.69, 9.17) is 0 Å². The average molecular weight is 337 g/mol. The lowest BCUT2D eigenvalue weighted by Crippen LogP contribution is -2.47. The lowest BCUT2D eigenvalue weighted by Gasteiger charge is -2.43. The molecule has 0 bridgehead atoms. The summed E-state index contributed by atoms with van der Waals surface area (Å²) in [5.41, 5.74) is 2.60. The van der Waals surface area contributed by atoms with Crippen LogP contribution in [0.4, 0.5) is 0 Å². The molecule has 128 valence electrons. The van der Waals surface area contributed by atoms with E-state index in [0.717, 1.165) is 38.9 Å². The second-order valence-corrected chi connectivity index (χ2v) is 9.30. The van der Waals surface area contributed by atoms with Gasteiger partial charge < -0.3 is 4.90 Å². The summed E-state index contributed by atoms with van der Waals surface area (Å²) in [7, 11) is -3.17. The Morgan fingerprint density at radius 2 is 1.78 bits per heavy atom. The summed E-state index contributed by atoms with van der Waals surface area (Å²) in [6.45, 7) is 6.75. The highest BCUT2D eigenvalue weighted by molar-refractivity contribution is 7.88. The average Bonchev–Trinajstić information content (AvgIpc) is 2.66. The van der Waals surface area contributed by atoms with Gasteiger partial charge in [0.2, 0.25) is 10.0 Å². The molecule has 0 unspecified atom stereocenters. The van der Waals surface area contributed by atoms with Crippen molar-refractivity contribution >= 4 is 10.0 Å². The first-order chi connectivity index (χ1) is 10.9. The number of likely N-dealkylation sites (tertiary alicyclic amines) is 1. The van der Waals surface area contributed by atoms with Gasteiger partial charge in [0.25, 0.3) is 0 Å². The molecule has 0 aromatic heterocycles. The van der Waals surface area contributed by atoms with Gasteiger partial charge in [-0.05, 0) is 61.9 Å². The number of nitrogens with zero attached hydrogens (tertiary/aromatic N) is 2. The number of hydrogen-bond donors (Lipinski definition) is 0. The second kappa shape index (κ2) is 6.54. The highest BCUT2D eigenvalue weighted by atomic mass is 32.2. The maximum absolute atomic E-state index is 12.3. The fourth-order valence-corrected chi connectivity index (χ4v) is 4.98. The Morgan fingerprint density at radius 1 is 1.13 bits per heavy atom. The van der Waals surface area contributed by atoms with E-state index in [2.05, 4.69) is 30.0 Å². The third-order valence-corrected chi connectivity index (χ3v) is 6.66. The third kappa shape index (κ3) is 3.78. The Labute approximate surface area is 140 Å². The molecule has 23 heavy (non-hydrogen) atoms. The van der Waals surface area contributed by atoms with E-state index in [9.17, 15) is 8.42 Å². The fourth-order valence-electron chi connectivity index (χ4n) is 4.10. The molecule has 0 saturated carbocycles. The van der Waals surface area contributed by atoms with E-state index >= 15 is 0 Å². The summed E-state index contributed by atoms with van der Waals surface area (Å²) in [6, 6.07) is 8.36. The first-order valence-electron chi connectivity index (χ1n) is 8.66. The van der Waals surface area contributed by atoms with Crippen LogP contribution in [-0.2, 0) is 23.0 Å². The van der Waals surface area contributed by atoms with Crippen molar-refractivity contribution in [1.82, 2.24) is 9.21 Å². The molecular weight excluding hydrogens is 308 g/mol. The number of piperidine rings is 1. The van der Waals surface area contributed by atoms with Crippen molar-refractivity contribution in [2.75, 3.05) is 32.4 Å². The van der Waals surface area contributed by atoms with Crippen LogP contribution >= 0.6 is 0 Å². The molecule has 1 fully saturated rings. The summed E-state index contributed by atoms with van der Waals surface area (Å²) < 4.78 is 26.2. The zero-order chi connectivity index (χ0) is 16.5. The van der Waals surface area contributed by atoms with Crippen molar-refractivity contribution in [3.8, 4) is 0 Å². The van der Waals surface area contributed by atoms with Crippen molar-refractivity contribution < 1.29 is 8.42 Å². The van der Waals surface area contributed by atoms with Crippen LogP contribution in [0.3, 0.4) is 0 Å². The maximum Gasteiger partial charge on any atom is 0.211 e. The van der Waals surface area contributed by atoms with E-state index in [1.165, 1.54) is 23.8 Å². The molecule has 0 radical (unpaired) electrons. The molecule has 2 aliphatic heterocycles. The zero-order valence-electron chi connectivity index (χ0n) is 14.3. The molecule has 0 N–H and O–H groups in total. The number of hydrogen-bond acceptors (Lipinski definition) is 3. The minimum atomic E-state index is -3.17. The summed E-state index contributed by atoms with van der Waals surface area (Å²) in [4.78, 5) is 2.52. The fraction of sp³-hybridized carbons (Fsp3) is 0.667. The Hall–Kier alpha value is -0.910. The SMILES string of the molecule is CCCN1CCC2(CC1)Cc1ccccc1CN(S(C)(=O)=O)C2. The van der Waals surface area contributed by atoms with Crippen LogP contribution in [0.5, 0.6) is 0 Å². The van der Waals surface area contributed by atoms with Gasteiger partial charge in [-0.25, -0.2) is 8.42 Å². The highest BCUT2D eigenvalue weighted by Gasteiger charge is 2.40. The molecule has 0 atom stereocenters. The van der Waals surface area contributed by atoms with Crippen LogP contribution in [0, 0.1) is 5.41 Å². The minimum Gasteiger partial charge on any atom is -0.303 e. The molecule has 1 aromatic carbocycles. The van der Waals surface area contributed by atoms with Crippen molar-refractivity contribution in [3.63, 3.8) is 0 Å². The van der Waals surface area contributed by atoms with E-state index in [1.54, 1.807) is 4.31 Å². The van der Waals surface area contributed by atoms with Crippen LogP contribution in [-0.4, -0.2) is 50.1 Å². The van der Waals surface area contributed by atoms with E-state index < -0.39 is 10.0 Å². The molecule has 0 aliphatic carbocycles. The Kier molecular flexibility index (Phi) is 4.81. The molecule has 2 aliphatic rings. The van der Waals surface area contributed by atoms with Gasteiger partial charge in [0, 0.05) is 13.1 Å². The topological polar surface area (TPSA) is 40.6 Å². The Balaban J connectivity index is 1.89. The summed E-state index contributed by atoms with van der Waals surface area (Å²) >= 11 is 0. The minimum absolute atomic E-state index is 0.0971. The van der Waals surface area contributed by atoms with E-state index in [-0.39, 0.29) is 5.41 Å². The number of rotatable bonds is 3. The van der Waals surface area contributed by atoms with Crippen LogP contribution in [0.1, 0.15) is 37.3 Å². The molecule has 1 spiro atoms. The quantitative estimate of drug-likeness (QED) is 0.851. The molecule has 2 heterocycles. The monoisotopic (exact) mass is 336 g/mol. The van der Waals surface area contributed by atoms with Crippen LogP contribution in [0.15, 0.2) is 24.3 Å². The first-order valence-corrected chi connectivity index (χ1v) is 10.5. The lowest BCUT2D eigenvalue weighted by molar-refractivity contribution is 0.0867. The molecule has 1 saturated heterocycles. The standard InChI is InChI=1S/C18H28N2O2S/c1-3-10-19-11-8-18(9-12-19)13-16-6-4-5-7-17(16)14-20(15-18)23(2,21)22/h4-7H,3,8-15H2,1-2H3. The zero-order valence-corrected chi connectivity index (χ0v) is 15.1. The first kappa shape index (κ1) is 16.9. The predicted octanol–water partition coefficient (Wildman–Crippen LogP) is 2.50. The van der Waals surface area contributed by atoms with Gasteiger partial charge in [-0.2, -0.15) is 4.31 Å². The summed E-state index contributed by atoms with van der Waals surface area (Å²) in [5, 5.41) is 0. The van der Waals surface area contributed by atoms with Gasteiger partial charge in [-0.1, -0.05) is 31.2 Å². The smallest absolute Gasteiger partial charge is 0.211 e. The molecular formula is C18H28N2O2S. The van der Waals surface area contributed by atoms with Gasteiger partial charge in [0.15, 0.2) is 0 Å². The third-order valence-electron chi connectivity index (χ3n) is 5.47. The van der Waals surface area contributed by atoms with Gasteiger partial charge in [-0.3, -0.25) is 0 Å². The Bertz CT molecular complexity index is 649. The number of fused-ring (bicyclic) bond motifs is 1. The van der Waals surface area contributed by atoms with Crippen LogP contribution in [0.2, 0.25) is 0 Å². The molecule has 3 rings (SSSR count). The largest absolute Gasteiger partial charge is 0.303 e. The summed E-state index contributed by atoms with van der Waals surface area (Å²) in [6.07, 6.45) is 5.72. The summed E-state index contributed by atoms with van der Waals surface area (Å²) in [5.74, 6) is 0. The maximum atomic E-state index is 12.3. The predicted molar refractivity (Wildman–Crippen MR) is 93.8 cm³/mol. The van der Waals surface area contributed by atoms with Crippen molar-refractivity contribution in [2.24, 2.45) is 5.41 Å². The Morgan fingerprint density at radius 3 is 2.39 bits per heavy atom. The van der Waals surface area contributed by atoms with Crippen molar-refractivity contribution in [2.45, 2.75) is 39.2 Å². The number of benzene rings is 1. The molecule has 1 aromatic rings. The van der Waals surface area contributed by atoms with E-state index in [1.807, 2.05) is 6.07 Å². The van der Waals surface area contributed by atoms with Gasteiger partial charge in [-0.15, -0.1) is 0 Å². The van der Waals surface area contributed by atoms with Crippen LogP contribution < -0.4 is 0 Å². The van der Waals surface area contributed by atoms with E-state index in [0.29, 0.717) is 13.1 Å². The highest BCUT2D eigenvalue weighted by Crippen LogP contribution is 2.40. The second-order valence-electron chi connectivity index (χ2n) is 7.32. The molecule has 5 heteroatoms. The number of sulfonamides is 1. The molecule has 0 amide bonds. The van der Waals surface area contributed by atoms with Gasteiger partial charge in [0.05, 0.1) is 6.26 Å². The van der Waals surface area contributed by atoms with Crippen molar-refractivity contribution in [1.29, 1.82) is 0 Å². The molecule has 4 nitrogen and oxygen atoms in total. The van der Waals surface area contributed by atoms with Gasteiger partial charge in [0.1, 0.15) is 0 Å². The van der Waals surface area contributed by atoms with Crippen molar-refractivity contribution in [3.05, 3.63) is 35.4 Å². The van der Waals surface area contributed by atoms with Gasteiger partial charge >= 0.3 is 0 Å². The normalized spacial score (nSPS) is 22.7. The van der Waals surface area contributed by atoms with Crippen LogP contribution in [0.25, 0.3) is 0 Å². The lowest BCUT2D eigenvalue weighted by atomic mass is 9.74.